The predicted molar refractivity (Wildman–Crippen MR) is 68.2 cm³/mol. The zero-order valence-electron chi connectivity index (χ0n) is 9.97. The number of nitrogens with one attached hydrogen (secondary N) is 1. The lowest BCUT2D eigenvalue weighted by Crippen LogP contribution is -2.33. The molecular formula is C12H16N4O2. The molecule has 1 heterocycles. The van der Waals surface area contributed by atoms with Crippen LogP contribution in [0.1, 0.15) is 18.4 Å². The molecule has 18 heavy (non-hydrogen) atoms. The Morgan fingerprint density at radius 2 is 2.00 bits per heavy atom. The summed E-state index contributed by atoms with van der Waals surface area (Å²) < 4.78 is 0. The van der Waals surface area contributed by atoms with Crippen LogP contribution in [0, 0.1) is 0 Å². The highest BCUT2D eigenvalue weighted by Crippen LogP contribution is 2.21. The minimum absolute atomic E-state index is 0.134. The molecule has 6 heteroatoms. The van der Waals surface area contributed by atoms with Gasteiger partial charge in [-0.25, -0.2) is 10.2 Å². The highest BCUT2D eigenvalue weighted by atomic mass is 16.3. The van der Waals surface area contributed by atoms with Crippen molar-refractivity contribution in [2.75, 3.05) is 13.1 Å². The third-order valence-electron chi connectivity index (χ3n) is 2.82. The summed E-state index contributed by atoms with van der Waals surface area (Å²) in [5.41, 5.74) is 7.83. The zero-order chi connectivity index (χ0) is 13.0. The summed E-state index contributed by atoms with van der Waals surface area (Å²) in [6.07, 6.45) is 2.15. The van der Waals surface area contributed by atoms with Crippen LogP contribution in [-0.2, 0) is 0 Å². The van der Waals surface area contributed by atoms with E-state index in [1.54, 1.807) is 18.2 Å². The number of phenolic OH excluding ortho intramolecular Hbond substituents is 1. The van der Waals surface area contributed by atoms with E-state index in [-0.39, 0.29) is 5.75 Å². The fourth-order valence-corrected chi connectivity index (χ4v) is 2.00. The molecule has 1 aromatic rings. The highest BCUT2D eigenvalue weighted by Gasteiger charge is 2.20. The van der Waals surface area contributed by atoms with Gasteiger partial charge < -0.3 is 15.7 Å². The van der Waals surface area contributed by atoms with E-state index in [1.165, 1.54) is 0 Å². The molecule has 1 aromatic carbocycles. The number of hydrogen-bond donors (Lipinski definition) is 3. The molecule has 2 amide bonds. The van der Waals surface area contributed by atoms with Crippen molar-refractivity contribution in [2.24, 2.45) is 10.8 Å². The third-order valence-corrected chi connectivity index (χ3v) is 2.82. The summed E-state index contributed by atoms with van der Waals surface area (Å²) in [4.78, 5) is 12.8. The Morgan fingerprint density at radius 1 is 1.33 bits per heavy atom. The number of nitrogens with two attached hydrogens (primary N) is 1. The van der Waals surface area contributed by atoms with Crippen LogP contribution in [0.3, 0.4) is 0 Å². The van der Waals surface area contributed by atoms with Crippen molar-refractivity contribution in [3.05, 3.63) is 29.8 Å². The number of para-hydroxylation sites is 1. The molecular weight excluding hydrogens is 232 g/mol. The van der Waals surface area contributed by atoms with Crippen molar-refractivity contribution < 1.29 is 9.90 Å². The molecule has 4 N–H and O–H groups in total. The number of nitrogens with zero attached hydrogens (tertiary/aromatic N) is 2. The number of aromatic hydroxyl groups is 1. The van der Waals surface area contributed by atoms with Crippen molar-refractivity contribution in [3.8, 4) is 5.75 Å². The van der Waals surface area contributed by atoms with Gasteiger partial charge in [-0.05, 0) is 25.0 Å². The average Bonchev–Trinajstić information content (AvgIpc) is 2.85. The van der Waals surface area contributed by atoms with E-state index in [2.05, 4.69) is 10.5 Å². The smallest absolute Gasteiger partial charge is 0.332 e. The number of hydrazone groups is 1. The first-order chi connectivity index (χ1) is 8.68. The second-order valence-corrected chi connectivity index (χ2v) is 4.12. The van der Waals surface area contributed by atoms with Gasteiger partial charge in [0.05, 0.1) is 5.56 Å². The third kappa shape index (κ3) is 2.71. The van der Waals surface area contributed by atoms with E-state index in [9.17, 15) is 9.90 Å². The van der Waals surface area contributed by atoms with E-state index in [0.717, 1.165) is 25.9 Å². The van der Waals surface area contributed by atoms with Crippen LogP contribution in [-0.4, -0.2) is 35.0 Å². The number of amidine groups is 1. The molecule has 6 nitrogen and oxygen atoms in total. The van der Waals surface area contributed by atoms with E-state index >= 15 is 0 Å². The van der Waals surface area contributed by atoms with E-state index < -0.39 is 6.03 Å². The van der Waals surface area contributed by atoms with Gasteiger partial charge in [0.25, 0.3) is 0 Å². The summed E-state index contributed by atoms with van der Waals surface area (Å²) in [6.45, 7) is 1.71. The number of amides is 2. The molecule has 0 bridgehead atoms. The second-order valence-electron chi connectivity index (χ2n) is 4.12. The second kappa shape index (κ2) is 5.39. The summed E-state index contributed by atoms with van der Waals surface area (Å²) >= 11 is 0. The molecule has 0 saturated carbocycles. The lowest BCUT2D eigenvalue weighted by molar-refractivity contribution is 0.249. The number of benzene rings is 1. The number of hydrogen-bond acceptors (Lipinski definition) is 3. The Bertz CT molecular complexity index is 467. The molecule has 0 radical (unpaired) electrons. The van der Waals surface area contributed by atoms with Crippen LogP contribution in [0.25, 0.3) is 0 Å². The van der Waals surface area contributed by atoms with E-state index in [1.807, 2.05) is 11.0 Å². The monoisotopic (exact) mass is 248 g/mol. The van der Waals surface area contributed by atoms with Crippen LogP contribution in [0.5, 0.6) is 5.75 Å². The molecule has 96 valence electrons. The van der Waals surface area contributed by atoms with Crippen molar-refractivity contribution in [3.63, 3.8) is 0 Å². The van der Waals surface area contributed by atoms with Gasteiger partial charge in [0, 0.05) is 13.1 Å². The van der Waals surface area contributed by atoms with Crippen LogP contribution < -0.4 is 11.2 Å². The molecule has 1 aliphatic heterocycles. The molecule has 0 spiro atoms. The highest BCUT2D eigenvalue weighted by molar-refractivity contribution is 6.01. The Morgan fingerprint density at radius 3 is 2.61 bits per heavy atom. The first kappa shape index (κ1) is 12.2. The predicted octanol–water partition coefficient (Wildman–Crippen LogP) is 0.818. The summed E-state index contributed by atoms with van der Waals surface area (Å²) in [6, 6.07) is 6.18. The van der Waals surface area contributed by atoms with Crippen LogP contribution in [0.15, 0.2) is 29.4 Å². The number of likely N-dealkylation sites (tertiary alicyclic amines) is 1. The SMILES string of the molecule is NC(=O)NN=C(c1ccccc1O)N1CCCC1. The minimum atomic E-state index is -0.720. The summed E-state index contributed by atoms with van der Waals surface area (Å²) in [7, 11) is 0. The van der Waals surface area contributed by atoms with Gasteiger partial charge in [-0.15, -0.1) is 0 Å². The average molecular weight is 248 g/mol. The number of rotatable bonds is 2. The quantitative estimate of drug-likeness (QED) is 0.411. The maximum absolute atomic E-state index is 10.8. The van der Waals surface area contributed by atoms with Gasteiger partial charge in [-0.2, -0.15) is 5.10 Å². The van der Waals surface area contributed by atoms with Crippen LogP contribution >= 0.6 is 0 Å². The van der Waals surface area contributed by atoms with Crippen molar-refractivity contribution in [1.82, 2.24) is 10.3 Å². The fourth-order valence-electron chi connectivity index (χ4n) is 2.00. The molecule has 0 aromatic heterocycles. The molecule has 1 aliphatic rings. The molecule has 0 unspecified atom stereocenters. The molecule has 2 rings (SSSR count). The molecule has 1 saturated heterocycles. The van der Waals surface area contributed by atoms with E-state index in [0.29, 0.717) is 11.4 Å². The van der Waals surface area contributed by atoms with Crippen molar-refractivity contribution >= 4 is 11.9 Å². The lowest BCUT2D eigenvalue weighted by atomic mass is 10.1. The minimum Gasteiger partial charge on any atom is -0.507 e. The van der Waals surface area contributed by atoms with Gasteiger partial charge in [0.1, 0.15) is 5.75 Å². The summed E-state index contributed by atoms with van der Waals surface area (Å²) in [5, 5.41) is 13.8. The normalized spacial score (nSPS) is 15.8. The Balaban J connectivity index is 2.32. The van der Waals surface area contributed by atoms with Crippen molar-refractivity contribution in [1.29, 1.82) is 0 Å². The van der Waals surface area contributed by atoms with E-state index in [4.69, 9.17) is 5.73 Å². The molecule has 1 fully saturated rings. The molecule has 0 aliphatic carbocycles. The van der Waals surface area contributed by atoms with Gasteiger partial charge in [-0.1, -0.05) is 12.1 Å². The van der Waals surface area contributed by atoms with Crippen LogP contribution in [0.2, 0.25) is 0 Å². The molecule has 0 atom stereocenters. The maximum Gasteiger partial charge on any atom is 0.332 e. The number of urea groups is 1. The fraction of sp³-hybridized carbons (Fsp3) is 0.333. The van der Waals surface area contributed by atoms with Gasteiger partial charge in [0.15, 0.2) is 5.84 Å². The first-order valence-corrected chi connectivity index (χ1v) is 5.85. The van der Waals surface area contributed by atoms with Gasteiger partial charge >= 0.3 is 6.03 Å². The number of phenols is 1. The van der Waals surface area contributed by atoms with Gasteiger partial charge in [-0.3, -0.25) is 0 Å². The number of carbonyl (C=O) groups is 1. The maximum atomic E-state index is 10.8. The largest absolute Gasteiger partial charge is 0.507 e. The first-order valence-electron chi connectivity index (χ1n) is 5.85. The summed E-state index contributed by atoms with van der Waals surface area (Å²) in [5.74, 6) is 0.679. The van der Waals surface area contributed by atoms with Gasteiger partial charge in [0.2, 0.25) is 0 Å². The van der Waals surface area contributed by atoms with Crippen molar-refractivity contribution in [2.45, 2.75) is 12.8 Å². The number of carbonyl (C=O) groups excluding carboxylic acids is 1. The number of primary amides is 1. The standard InChI is InChI=1S/C12H16N4O2/c13-12(18)15-14-11(16-7-3-4-8-16)9-5-1-2-6-10(9)17/h1-2,5-6,17H,3-4,7-8H2,(H3,13,15,18). The topological polar surface area (TPSA) is 91.0 Å². The lowest BCUT2D eigenvalue weighted by Gasteiger charge is -2.20. The Kier molecular flexibility index (Phi) is 3.66. The Labute approximate surface area is 105 Å². The van der Waals surface area contributed by atoms with Crippen LogP contribution in [0.4, 0.5) is 4.79 Å². The zero-order valence-corrected chi connectivity index (χ0v) is 9.97. The Hall–Kier alpha value is -2.24.